The maximum Gasteiger partial charge on any atom is 0.270 e. The molecule has 2 aromatic heterocycles. The van der Waals surface area contributed by atoms with Crippen LogP contribution in [0.1, 0.15) is 16.2 Å². The molecule has 1 aliphatic rings. The smallest absolute Gasteiger partial charge is 0.270 e. The molecule has 7 heteroatoms. The van der Waals surface area contributed by atoms with E-state index in [0.29, 0.717) is 24.5 Å². The third kappa shape index (κ3) is 3.16. The van der Waals surface area contributed by atoms with Crippen LogP contribution in [0, 0.1) is 6.92 Å². The van der Waals surface area contributed by atoms with E-state index in [9.17, 15) is 9.59 Å². The molecule has 0 aliphatic carbocycles. The summed E-state index contributed by atoms with van der Waals surface area (Å²) in [7, 11) is 3.33. The fourth-order valence-electron chi connectivity index (χ4n) is 3.19. The molecule has 0 unspecified atom stereocenters. The predicted octanol–water partition coefficient (Wildman–Crippen LogP) is 2.09. The summed E-state index contributed by atoms with van der Waals surface area (Å²) >= 11 is 0. The Kier molecular flexibility index (Phi) is 4.14. The molecule has 3 heterocycles. The standard InChI is InChI=1S/C20H21N3O4/c1-12-6-15(9-19(24)22(12)2)27-16-10-23(11-16)20(25)18-7-13-4-5-14(26-3)8-17(13)21-18/h4-9,16,21H,10-11H2,1-3H3. The van der Waals surface area contributed by atoms with Gasteiger partial charge in [0.1, 0.15) is 23.3 Å². The lowest BCUT2D eigenvalue weighted by atomic mass is 10.1. The molecule has 1 saturated heterocycles. The summed E-state index contributed by atoms with van der Waals surface area (Å²) in [4.78, 5) is 29.4. The van der Waals surface area contributed by atoms with Gasteiger partial charge in [-0.05, 0) is 31.2 Å². The van der Waals surface area contributed by atoms with E-state index >= 15 is 0 Å². The van der Waals surface area contributed by atoms with E-state index in [4.69, 9.17) is 9.47 Å². The van der Waals surface area contributed by atoms with Gasteiger partial charge in [-0.2, -0.15) is 0 Å². The quantitative estimate of drug-likeness (QED) is 0.766. The molecule has 0 saturated carbocycles. The van der Waals surface area contributed by atoms with E-state index in [0.717, 1.165) is 22.3 Å². The van der Waals surface area contributed by atoms with E-state index < -0.39 is 0 Å². The SMILES string of the molecule is COc1ccc2cc(C(=O)N3CC(Oc4cc(C)n(C)c(=O)c4)C3)[nH]c2c1. The third-order valence-corrected chi connectivity index (χ3v) is 4.97. The summed E-state index contributed by atoms with van der Waals surface area (Å²) in [5, 5.41) is 0.961. The fourth-order valence-corrected chi connectivity index (χ4v) is 3.19. The zero-order chi connectivity index (χ0) is 19.1. The Morgan fingerprint density at radius 1 is 1.15 bits per heavy atom. The van der Waals surface area contributed by atoms with Crippen molar-refractivity contribution in [2.24, 2.45) is 7.05 Å². The second-order valence-electron chi connectivity index (χ2n) is 6.82. The number of amides is 1. The van der Waals surface area contributed by atoms with Crippen LogP contribution in [0.5, 0.6) is 11.5 Å². The Balaban J connectivity index is 1.42. The minimum Gasteiger partial charge on any atom is -0.497 e. The fraction of sp³-hybridized carbons (Fsp3) is 0.300. The molecule has 7 nitrogen and oxygen atoms in total. The van der Waals surface area contributed by atoms with Crippen molar-refractivity contribution in [3.8, 4) is 11.5 Å². The van der Waals surface area contributed by atoms with Crippen LogP contribution in [-0.4, -0.2) is 46.7 Å². The van der Waals surface area contributed by atoms with E-state index in [2.05, 4.69) is 4.98 Å². The number of fused-ring (bicyclic) bond motifs is 1. The summed E-state index contributed by atoms with van der Waals surface area (Å²) < 4.78 is 12.6. The van der Waals surface area contributed by atoms with E-state index in [1.807, 2.05) is 37.3 Å². The zero-order valence-electron chi connectivity index (χ0n) is 15.5. The van der Waals surface area contributed by atoms with Gasteiger partial charge < -0.3 is 23.9 Å². The number of carbonyl (C=O) groups is 1. The molecular formula is C20H21N3O4. The predicted molar refractivity (Wildman–Crippen MR) is 102 cm³/mol. The largest absolute Gasteiger partial charge is 0.497 e. The summed E-state index contributed by atoms with van der Waals surface area (Å²) in [5.41, 5.74) is 2.13. The number of aromatic amines is 1. The number of nitrogens with zero attached hydrogens (tertiary/aromatic N) is 2. The minimum absolute atomic E-state index is 0.0647. The van der Waals surface area contributed by atoms with Crippen molar-refractivity contribution in [3.63, 3.8) is 0 Å². The number of H-pyrrole nitrogens is 1. The number of ether oxygens (including phenoxy) is 2. The Labute approximate surface area is 156 Å². The number of aryl methyl sites for hydroxylation is 1. The number of hydrogen-bond acceptors (Lipinski definition) is 4. The maximum absolute atomic E-state index is 12.7. The molecule has 1 amide bonds. The van der Waals surface area contributed by atoms with Crippen LogP contribution in [0.3, 0.4) is 0 Å². The molecule has 0 bridgehead atoms. The van der Waals surface area contributed by atoms with Crippen molar-refractivity contribution < 1.29 is 14.3 Å². The van der Waals surface area contributed by atoms with Crippen LogP contribution in [0.4, 0.5) is 0 Å². The highest BCUT2D eigenvalue weighted by molar-refractivity contribution is 5.98. The van der Waals surface area contributed by atoms with Crippen LogP contribution in [0.2, 0.25) is 0 Å². The van der Waals surface area contributed by atoms with Gasteiger partial charge in [0, 0.05) is 35.8 Å². The van der Waals surface area contributed by atoms with Crippen LogP contribution in [0.25, 0.3) is 10.9 Å². The highest BCUT2D eigenvalue weighted by atomic mass is 16.5. The molecule has 1 N–H and O–H groups in total. The van der Waals surface area contributed by atoms with E-state index in [1.54, 1.807) is 23.6 Å². The summed E-state index contributed by atoms with van der Waals surface area (Å²) in [6.45, 7) is 2.84. The monoisotopic (exact) mass is 367 g/mol. The normalized spacial score (nSPS) is 14.3. The first kappa shape index (κ1) is 17.2. The maximum atomic E-state index is 12.7. The van der Waals surface area contributed by atoms with Crippen LogP contribution in [-0.2, 0) is 7.05 Å². The molecule has 0 radical (unpaired) electrons. The van der Waals surface area contributed by atoms with Gasteiger partial charge in [0.05, 0.1) is 20.2 Å². The van der Waals surface area contributed by atoms with Gasteiger partial charge in [-0.1, -0.05) is 0 Å². The summed E-state index contributed by atoms with van der Waals surface area (Å²) in [6, 6.07) is 10.8. The van der Waals surface area contributed by atoms with Gasteiger partial charge in [0.15, 0.2) is 0 Å². The number of carbonyl (C=O) groups excluding carboxylic acids is 1. The number of likely N-dealkylation sites (tertiary alicyclic amines) is 1. The first-order valence-electron chi connectivity index (χ1n) is 8.75. The number of aromatic nitrogens is 2. The summed E-state index contributed by atoms with van der Waals surface area (Å²) in [5.74, 6) is 1.22. The molecule has 0 spiro atoms. The van der Waals surface area contributed by atoms with Crippen molar-refractivity contribution in [3.05, 3.63) is 58.1 Å². The highest BCUT2D eigenvalue weighted by Gasteiger charge is 2.33. The van der Waals surface area contributed by atoms with Gasteiger partial charge in [-0.15, -0.1) is 0 Å². The van der Waals surface area contributed by atoms with Gasteiger partial charge in [0.25, 0.3) is 11.5 Å². The average molecular weight is 367 g/mol. The third-order valence-electron chi connectivity index (χ3n) is 4.97. The molecule has 140 valence electrons. The van der Waals surface area contributed by atoms with Gasteiger partial charge in [0.2, 0.25) is 0 Å². The Morgan fingerprint density at radius 2 is 1.93 bits per heavy atom. The van der Waals surface area contributed by atoms with Crippen molar-refractivity contribution in [2.75, 3.05) is 20.2 Å². The highest BCUT2D eigenvalue weighted by Crippen LogP contribution is 2.24. The van der Waals surface area contributed by atoms with Gasteiger partial charge in [-0.3, -0.25) is 9.59 Å². The van der Waals surface area contributed by atoms with Gasteiger partial charge >= 0.3 is 0 Å². The topological polar surface area (TPSA) is 76.6 Å². The number of methoxy groups -OCH3 is 1. The van der Waals surface area contributed by atoms with Crippen LogP contribution in [0.15, 0.2) is 41.2 Å². The number of hydrogen-bond donors (Lipinski definition) is 1. The molecular weight excluding hydrogens is 346 g/mol. The van der Waals surface area contributed by atoms with Gasteiger partial charge in [-0.25, -0.2) is 0 Å². The Hall–Kier alpha value is -3.22. The number of rotatable bonds is 4. The molecule has 27 heavy (non-hydrogen) atoms. The summed E-state index contributed by atoms with van der Waals surface area (Å²) in [6.07, 6.45) is -0.107. The van der Waals surface area contributed by atoms with Crippen molar-refractivity contribution in [2.45, 2.75) is 13.0 Å². The number of pyridine rings is 1. The lowest BCUT2D eigenvalue weighted by Crippen LogP contribution is -2.56. The van der Waals surface area contributed by atoms with Crippen molar-refractivity contribution in [1.29, 1.82) is 0 Å². The minimum atomic E-state index is -0.107. The number of nitrogens with one attached hydrogen (secondary N) is 1. The van der Waals surface area contributed by atoms with E-state index in [1.165, 1.54) is 6.07 Å². The van der Waals surface area contributed by atoms with Crippen molar-refractivity contribution >= 4 is 16.8 Å². The molecule has 1 aliphatic heterocycles. The zero-order valence-corrected chi connectivity index (χ0v) is 15.5. The second-order valence-corrected chi connectivity index (χ2v) is 6.82. The van der Waals surface area contributed by atoms with Crippen LogP contribution >= 0.6 is 0 Å². The van der Waals surface area contributed by atoms with Crippen LogP contribution < -0.4 is 15.0 Å². The Morgan fingerprint density at radius 3 is 2.63 bits per heavy atom. The lowest BCUT2D eigenvalue weighted by molar-refractivity contribution is 0.0173. The molecule has 1 fully saturated rings. The first-order chi connectivity index (χ1) is 12.9. The first-order valence-corrected chi connectivity index (χ1v) is 8.75. The number of benzene rings is 1. The van der Waals surface area contributed by atoms with Crippen molar-refractivity contribution in [1.82, 2.24) is 14.5 Å². The Bertz CT molecular complexity index is 1080. The second kappa shape index (κ2) is 6.50. The molecule has 1 aromatic carbocycles. The molecule has 3 aromatic rings. The van der Waals surface area contributed by atoms with E-state index in [-0.39, 0.29) is 17.6 Å². The lowest BCUT2D eigenvalue weighted by Gasteiger charge is -2.38. The average Bonchev–Trinajstić information content (AvgIpc) is 3.04. The molecule has 4 rings (SSSR count). The molecule has 0 atom stereocenters.